The molecule has 0 saturated heterocycles. The quantitative estimate of drug-likeness (QED) is 0.789. The molecule has 1 fully saturated rings. The van der Waals surface area contributed by atoms with E-state index in [1.807, 2.05) is 25.5 Å². The number of amides is 3. The molecule has 1 heterocycles. The third-order valence-corrected chi connectivity index (χ3v) is 4.73. The van der Waals surface area contributed by atoms with Gasteiger partial charge in [0.25, 0.3) is 0 Å². The number of aromatic nitrogens is 3. The third-order valence-electron chi connectivity index (χ3n) is 3.15. The fourth-order valence-corrected chi connectivity index (χ4v) is 2.93. The van der Waals surface area contributed by atoms with Gasteiger partial charge in [0.15, 0.2) is 5.16 Å². The van der Waals surface area contributed by atoms with Crippen LogP contribution in [0.3, 0.4) is 0 Å². The smallest absolute Gasteiger partial charge is 0.318 e. The molecule has 0 spiro atoms. The summed E-state index contributed by atoms with van der Waals surface area (Å²) in [5, 5.41) is 10.7. The predicted molar refractivity (Wildman–Crippen MR) is 75.2 cm³/mol. The highest BCUT2D eigenvalue weighted by Gasteiger charge is 2.31. The van der Waals surface area contributed by atoms with Crippen molar-refractivity contribution in [3.8, 4) is 0 Å². The molecule has 0 aromatic carbocycles. The van der Waals surface area contributed by atoms with E-state index in [1.165, 1.54) is 11.8 Å². The number of urea groups is 1. The van der Waals surface area contributed by atoms with Gasteiger partial charge in [-0.3, -0.25) is 10.1 Å². The van der Waals surface area contributed by atoms with Crippen molar-refractivity contribution < 1.29 is 9.59 Å². The number of rotatable bonds is 5. The minimum atomic E-state index is -0.835. The maximum absolute atomic E-state index is 12.0. The summed E-state index contributed by atoms with van der Waals surface area (Å²) in [5.74, 6) is 1.11. The van der Waals surface area contributed by atoms with Crippen LogP contribution in [0.1, 0.15) is 38.4 Å². The second-order valence-electron chi connectivity index (χ2n) is 5.31. The molecule has 8 heteroatoms. The molecule has 1 saturated carbocycles. The average molecular weight is 297 g/mol. The Morgan fingerprint density at radius 3 is 2.55 bits per heavy atom. The Morgan fingerprint density at radius 1 is 1.40 bits per heavy atom. The van der Waals surface area contributed by atoms with Gasteiger partial charge >= 0.3 is 6.03 Å². The molecule has 0 bridgehead atoms. The van der Waals surface area contributed by atoms with Crippen LogP contribution < -0.4 is 11.1 Å². The molecule has 0 radical (unpaired) electrons. The Morgan fingerprint density at radius 2 is 2.05 bits per heavy atom. The highest BCUT2D eigenvalue weighted by atomic mass is 32.2. The largest absolute Gasteiger partial charge is 0.351 e. The highest BCUT2D eigenvalue weighted by Crippen LogP contribution is 2.40. The lowest BCUT2D eigenvalue weighted by molar-refractivity contribution is -0.120. The van der Waals surface area contributed by atoms with Crippen molar-refractivity contribution in [3.05, 3.63) is 5.82 Å². The first-order valence-electron chi connectivity index (χ1n) is 6.56. The van der Waals surface area contributed by atoms with Gasteiger partial charge in [0.05, 0.1) is 5.25 Å². The predicted octanol–water partition coefficient (Wildman–Crippen LogP) is 1.00. The summed E-state index contributed by atoms with van der Waals surface area (Å²) in [5.41, 5.74) is 4.99. The molecular formula is C12H19N5O2S. The SMILES string of the molecule is CC(C)[C@H](Sc1nnc(C2CC2)n1C)C(=O)NC(N)=O. The first kappa shape index (κ1) is 14.8. The maximum Gasteiger partial charge on any atom is 0.318 e. The normalized spacial score (nSPS) is 16.2. The molecule has 1 aromatic heterocycles. The minimum Gasteiger partial charge on any atom is -0.351 e. The van der Waals surface area contributed by atoms with Gasteiger partial charge in [0.2, 0.25) is 5.91 Å². The summed E-state index contributed by atoms with van der Waals surface area (Å²) < 4.78 is 1.93. The van der Waals surface area contributed by atoms with Crippen LogP contribution in [-0.4, -0.2) is 32.0 Å². The Kier molecular flexibility index (Phi) is 4.32. The zero-order valence-electron chi connectivity index (χ0n) is 11.8. The zero-order valence-corrected chi connectivity index (χ0v) is 12.6. The van der Waals surface area contributed by atoms with Crippen LogP contribution in [0.4, 0.5) is 4.79 Å². The lowest BCUT2D eigenvalue weighted by atomic mass is 10.1. The number of hydrogen-bond donors (Lipinski definition) is 2. The van der Waals surface area contributed by atoms with Crippen LogP contribution in [0.2, 0.25) is 0 Å². The molecule has 110 valence electrons. The van der Waals surface area contributed by atoms with Gasteiger partial charge in [0.1, 0.15) is 5.82 Å². The van der Waals surface area contributed by atoms with Gasteiger partial charge in [-0.2, -0.15) is 0 Å². The van der Waals surface area contributed by atoms with Gasteiger partial charge in [0, 0.05) is 13.0 Å². The van der Waals surface area contributed by atoms with E-state index < -0.39 is 17.2 Å². The van der Waals surface area contributed by atoms with Crippen LogP contribution in [0, 0.1) is 5.92 Å². The number of thioether (sulfide) groups is 1. The van der Waals surface area contributed by atoms with Gasteiger partial charge in [-0.05, 0) is 18.8 Å². The lowest BCUT2D eigenvalue weighted by Crippen LogP contribution is -2.42. The fraction of sp³-hybridized carbons (Fsp3) is 0.667. The molecule has 20 heavy (non-hydrogen) atoms. The highest BCUT2D eigenvalue weighted by molar-refractivity contribution is 8.00. The number of imide groups is 1. The van der Waals surface area contributed by atoms with Gasteiger partial charge in [-0.1, -0.05) is 25.6 Å². The number of primary amides is 1. The van der Waals surface area contributed by atoms with E-state index in [2.05, 4.69) is 15.5 Å². The number of nitrogens with one attached hydrogen (secondary N) is 1. The van der Waals surface area contributed by atoms with E-state index in [-0.39, 0.29) is 5.92 Å². The number of carbonyl (C=O) groups excluding carboxylic acids is 2. The Labute approximate surface area is 121 Å². The average Bonchev–Trinajstić information content (AvgIpc) is 3.10. The Balaban J connectivity index is 2.11. The van der Waals surface area contributed by atoms with Crippen molar-refractivity contribution in [2.24, 2.45) is 18.7 Å². The molecule has 1 aliphatic rings. The Hall–Kier alpha value is -1.57. The third kappa shape index (κ3) is 3.30. The van der Waals surface area contributed by atoms with Crippen LogP contribution in [-0.2, 0) is 11.8 Å². The van der Waals surface area contributed by atoms with E-state index >= 15 is 0 Å². The molecule has 0 aliphatic heterocycles. The van der Waals surface area contributed by atoms with E-state index in [0.717, 1.165) is 18.7 Å². The van der Waals surface area contributed by atoms with E-state index in [4.69, 9.17) is 5.73 Å². The van der Waals surface area contributed by atoms with Crippen LogP contribution >= 0.6 is 11.8 Å². The van der Waals surface area contributed by atoms with Crippen molar-refractivity contribution >= 4 is 23.7 Å². The summed E-state index contributed by atoms with van der Waals surface area (Å²) in [7, 11) is 1.90. The standard InChI is InChI=1S/C12H19N5O2S/c1-6(2)8(10(18)14-11(13)19)20-12-16-15-9(17(12)3)7-4-5-7/h6-8H,4-5H2,1-3H3,(H3,13,14,18,19)/t8-/m0/s1. The van der Waals surface area contributed by atoms with Crippen molar-refractivity contribution in [2.45, 2.75) is 43.0 Å². The number of carbonyl (C=O) groups is 2. The molecule has 3 amide bonds. The first-order chi connectivity index (χ1) is 9.40. The van der Waals surface area contributed by atoms with Gasteiger partial charge in [-0.25, -0.2) is 4.79 Å². The number of nitrogens with two attached hydrogens (primary N) is 1. The van der Waals surface area contributed by atoms with Crippen molar-refractivity contribution in [1.82, 2.24) is 20.1 Å². The topological polar surface area (TPSA) is 103 Å². The maximum atomic E-state index is 12.0. The van der Waals surface area contributed by atoms with Crippen molar-refractivity contribution in [3.63, 3.8) is 0 Å². The molecule has 2 rings (SSSR count). The van der Waals surface area contributed by atoms with Gasteiger partial charge < -0.3 is 10.3 Å². The molecule has 7 nitrogen and oxygen atoms in total. The van der Waals surface area contributed by atoms with Crippen molar-refractivity contribution in [1.29, 1.82) is 0 Å². The summed E-state index contributed by atoms with van der Waals surface area (Å²) in [6, 6.07) is -0.835. The first-order valence-corrected chi connectivity index (χ1v) is 7.44. The number of nitrogens with zero attached hydrogens (tertiary/aromatic N) is 3. The van der Waals surface area contributed by atoms with Gasteiger partial charge in [-0.15, -0.1) is 10.2 Å². The van der Waals surface area contributed by atoms with E-state index in [0.29, 0.717) is 11.1 Å². The summed E-state index contributed by atoms with van der Waals surface area (Å²) in [4.78, 5) is 22.8. The second kappa shape index (κ2) is 5.82. The lowest BCUT2D eigenvalue weighted by Gasteiger charge is -2.18. The molecule has 1 aromatic rings. The number of hydrogen-bond acceptors (Lipinski definition) is 5. The molecule has 1 atom stereocenters. The summed E-state index contributed by atoms with van der Waals surface area (Å²) >= 11 is 1.31. The minimum absolute atomic E-state index is 0.0421. The summed E-state index contributed by atoms with van der Waals surface area (Å²) in [6.07, 6.45) is 2.29. The molecule has 0 unspecified atom stereocenters. The Bertz CT molecular complexity index is 524. The van der Waals surface area contributed by atoms with Crippen LogP contribution in [0.5, 0.6) is 0 Å². The summed E-state index contributed by atoms with van der Waals surface area (Å²) in [6.45, 7) is 3.83. The fourth-order valence-electron chi connectivity index (χ4n) is 1.92. The molecule has 3 N–H and O–H groups in total. The van der Waals surface area contributed by atoms with E-state index in [9.17, 15) is 9.59 Å². The monoisotopic (exact) mass is 297 g/mol. The second-order valence-corrected chi connectivity index (χ2v) is 6.42. The molecular weight excluding hydrogens is 278 g/mol. The van der Waals surface area contributed by atoms with Crippen LogP contribution in [0.25, 0.3) is 0 Å². The molecule has 1 aliphatic carbocycles. The van der Waals surface area contributed by atoms with Crippen LogP contribution in [0.15, 0.2) is 5.16 Å². The van der Waals surface area contributed by atoms with E-state index in [1.54, 1.807) is 0 Å². The zero-order chi connectivity index (χ0) is 14.9. The van der Waals surface area contributed by atoms with Crippen molar-refractivity contribution in [2.75, 3.05) is 0 Å².